The average Bonchev–Trinajstić information content (AvgIpc) is 2.70. The number of benzene rings is 1. The quantitative estimate of drug-likeness (QED) is 0.915. The number of furan rings is 1. The zero-order chi connectivity index (χ0) is 12.4. The number of rotatable bonds is 3. The van der Waals surface area contributed by atoms with E-state index < -0.39 is 17.7 Å². The summed E-state index contributed by atoms with van der Waals surface area (Å²) < 4.78 is 31.4. The van der Waals surface area contributed by atoms with Gasteiger partial charge in [0.25, 0.3) is 0 Å². The molecule has 1 atom stereocenters. The molecule has 0 radical (unpaired) electrons. The fourth-order valence-corrected chi connectivity index (χ4v) is 1.72. The molecule has 17 heavy (non-hydrogen) atoms. The van der Waals surface area contributed by atoms with Gasteiger partial charge in [-0.3, -0.25) is 0 Å². The van der Waals surface area contributed by atoms with Crippen LogP contribution in [0.1, 0.15) is 17.4 Å². The highest BCUT2D eigenvalue weighted by Crippen LogP contribution is 2.22. The zero-order valence-electron chi connectivity index (χ0n) is 8.79. The molecule has 2 nitrogen and oxygen atoms in total. The molecule has 1 aromatic heterocycles. The lowest BCUT2D eigenvalue weighted by Gasteiger charge is -2.09. The normalized spacial score (nSPS) is 12.7. The smallest absolute Gasteiger partial charge is 0.193 e. The van der Waals surface area contributed by atoms with Gasteiger partial charge in [-0.2, -0.15) is 0 Å². The Morgan fingerprint density at radius 2 is 2.00 bits per heavy atom. The Hall–Kier alpha value is -1.39. The molecule has 2 aromatic rings. The number of halogens is 3. The fraction of sp³-hybridized carbons (Fsp3) is 0.167. The second kappa shape index (κ2) is 4.85. The van der Waals surface area contributed by atoms with Crippen molar-refractivity contribution in [3.63, 3.8) is 0 Å². The average molecular weight is 258 g/mol. The van der Waals surface area contributed by atoms with E-state index in [-0.39, 0.29) is 17.2 Å². The Morgan fingerprint density at radius 3 is 2.65 bits per heavy atom. The summed E-state index contributed by atoms with van der Waals surface area (Å²) in [4.78, 5) is 0. The predicted octanol–water partition coefficient (Wildman–Crippen LogP) is 3.45. The van der Waals surface area contributed by atoms with E-state index in [2.05, 4.69) is 0 Å². The van der Waals surface area contributed by atoms with E-state index in [9.17, 15) is 8.78 Å². The van der Waals surface area contributed by atoms with Gasteiger partial charge < -0.3 is 10.2 Å². The zero-order valence-corrected chi connectivity index (χ0v) is 9.55. The van der Waals surface area contributed by atoms with Gasteiger partial charge in [-0.15, -0.1) is 0 Å². The molecule has 1 heterocycles. The molecule has 2 rings (SSSR count). The van der Waals surface area contributed by atoms with Crippen molar-refractivity contribution in [1.29, 1.82) is 0 Å². The van der Waals surface area contributed by atoms with Gasteiger partial charge in [0.15, 0.2) is 5.22 Å². The van der Waals surface area contributed by atoms with Gasteiger partial charge >= 0.3 is 0 Å². The van der Waals surface area contributed by atoms with Crippen LogP contribution in [0.4, 0.5) is 8.78 Å². The highest BCUT2D eigenvalue weighted by molar-refractivity contribution is 6.28. The Bertz CT molecular complexity index is 527. The van der Waals surface area contributed by atoms with Crippen LogP contribution in [0.25, 0.3) is 0 Å². The van der Waals surface area contributed by atoms with Crippen LogP contribution in [-0.4, -0.2) is 0 Å². The predicted molar refractivity (Wildman–Crippen MR) is 60.7 cm³/mol. The second-order valence-electron chi connectivity index (χ2n) is 3.69. The van der Waals surface area contributed by atoms with Gasteiger partial charge in [0.05, 0.1) is 6.04 Å². The standard InChI is InChI=1S/C12H10ClF2NO/c13-12-4-3-11(17-12)10(16)6-7-5-8(14)1-2-9(7)15/h1-5,10H,6,16H2. The lowest BCUT2D eigenvalue weighted by molar-refractivity contribution is 0.461. The molecular weight excluding hydrogens is 248 g/mol. The van der Waals surface area contributed by atoms with Crippen molar-refractivity contribution in [3.8, 4) is 0 Å². The number of nitrogens with two attached hydrogens (primary N) is 1. The molecule has 0 saturated carbocycles. The Kier molecular flexibility index (Phi) is 3.45. The third-order valence-corrected chi connectivity index (χ3v) is 2.61. The summed E-state index contributed by atoms with van der Waals surface area (Å²) >= 11 is 5.61. The van der Waals surface area contributed by atoms with Crippen molar-refractivity contribution < 1.29 is 13.2 Å². The molecule has 0 aliphatic carbocycles. The molecule has 5 heteroatoms. The van der Waals surface area contributed by atoms with Crippen LogP contribution in [0.3, 0.4) is 0 Å². The SMILES string of the molecule is NC(Cc1cc(F)ccc1F)c1ccc(Cl)o1. The van der Waals surface area contributed by atoms with Crippen LogP contribution in [0, 0.1) is 11.6 Å². The van der Waals surface area contributed by atoms with E-state index in [1.807, 2.05) is 0 Å². The van der Waals surface area contributed by atoms with E-state index in [1.54, 1.807) is 12.1 Å². The van der Waals surface area contributed by atoms with E-state index in [0.29, 0.717) is 5.76 Å². The molecule has 90 valence electrons. The molecule has 1 unspecified atom stereocenters. The summed E-state index contributed by atoms with van der Waals surface area (Å²) in [5, 5.41) is 0.218. The highest BCUT2D eigenvalue weighted by Gasteiger charge is 2.14. The lowest BCUT2D eigenvalue weighted by Crippen LogP contribution is -2.13. The van der Waals surface area contributed by atoms with Crippen LogP contribution in [-0.2, 0) is 6.42 Å². The first-order valence-corrected chi connectivity index (χ1v) is 5.39. The largest absolute Gasteiger partial charge is 0.448 e. The van der Waals surface area contributed by atoms with Gasteiger partial charge in [0, 0.05) is 0 Å². The minimum Gasteiger partial charge on any atom is -0.448 e. The minimum absolute atomic E-state index is 0.146. The Labute approximate surface area is 102 Å². The summed E-state index contributed by atoms with van der Waals surface area (Å²) in [5.74, 6) is -0.538. The van der Waals surface area contributed by atoms with Crippen molar-refractivity contribution >= 4 is 11.6 Å². The molecule has 1 aromatic carbocycles. The maximum atomic E-state index is 13.4. The molecule has 0 aliphatic rings. The molecule has 0 fully saturated rings. The fourth-order valence-electron chi connectivity index (χ4n) is 1.56. The van der Waals surface area contributed by atoms with Crippen molar-refractivity contribution in [2.75, 3.05) is 0 Å². The first kappa shape index (κ1) is 12.1. The first-order valence-electron chi connectivity index (χ1n) is 5.01. The van der Waals surface area contributed by atoms with E-state index in [4.69, 9.17) is 21.8 Å². The first-order chi connectivity index (χ1) is 8.06. The maximum Gasteiger partial charge on any atom is 0.193 e. The third-order valence-electron chi connectivity index (χ3n) is 2.41. The number of hydrogen-bond acceptors (Lipinski definition) is 2. The van der Waals surface area contributed by atoms with Crippen LogP contribution in [0.5, 0.6) is 0 Å². The van der Waals surface area contributed by atoms with Gasteiger partial charge in [-0.1, -0.05) is 0 Å². The summed E-state index contributed by atoms with van der Waals surface area (Å²) in [6, 6.07) is 5.88. The van der Waals surface area contributed by atoms with Crippen LogP contribution in [0.2, 0.25) is 5.22 Å². The third kappa shape index (κ3) is 2.84. The molecule has 0 spiro atoms. The van der Waals surface area contributed by atoms with Crippen LogP contribution >= 0.6 is 11.6 Å². The van der Waals surface area contributed by atoms with Crippen molar-refractivity contribution in [3.05, 3.63) is 58.5 Å². The summed E-state index contributed by atoms with van der Waals surface area (Å²) in [6.07, 6.45) is 0.146. The van der Waals surface area contributed by atoms with Gasteiger partial charge in [0.2, 0.25) is 0 Å². The molecule has 0 aliphatic heterocycles. The topological polar surface area (TPSA) is 39.2 Å². The molecule has 0 saturated heterocycles. The van der Waals surface area contributed by atoms with Crippen molar-refractivity contribution in [2.45, 2.75) is 12.5 Å². The van der Waals surface area contributed by atoms with Crippen LogP contribution < -0.4 is 5.73 Å². The van der Waals surface area contributed by atoms with E-state index >= 15 is 0 Å². The summed E-state index contributed by atoms with van der Waals surface area (Å²) in [7, 11) is 0. The highest BCUT2D eigenvalue weighted by atomic mass is 35.5. The minimum atomic E-state index is -0.557. The summed E-state index contributed by atoms with van der Waals surface area (Å²) in [5.41, 5.74) is 6.03. The van der Waals surface area contributed by atoms with Crippen molar-refractivity contribution in [2.24, 2.45) is 5.73 Å². The van der Waals surface area contributed by atoms with E-state index in [1.165, 1.54) is 0 Å². The molecule has 2 N–H and O–H groups in total. The lowest BCUT2D eigenvalue weighted by atomic mass is 10.0. The number of hydrogen-bond donors (Lipinski definition) is 1. The molecular formula is C12H10ClF2NO. The Morgan fingerprint density at radius 1 is 1.24 bits per heavy atom. The monoisotopic (exact) mass is 257 g/mol. The van der Waals surface area contributed by atoms with E-state index in [0.717, 1.165) is 18.2 Å². The van der Waals surface area contributed by atoms with Crippen molar-refractivity contribution in [1.82, 2.24) is 0 Å². The molecule has 0 amide bonds. The van der Waals surface area contributed by atoms with Gasteiger partial charge in [-0.25, -0.2) is 8.78 Å². The van der Waals surface area contributed by atoms with Crippen LogP contribution in [0.15, 0.2) is 34.7 Å². The maximum absolute atomic E-state index is 13.4. The second-order valence-corrected chi connectivity index (χ2v) is 4.06. The Balaban J connectivity index is 2.18. The van der Waals surface area contributed by atoms with Gasteiger partial charge in [0.1, 0.15) is 17.4 Å². The molecule has 0 bridgehead atoms. The van der Waals surface area contributed by atoms with Gasteiger partial charge in [-0.05, 0) is 53.9 Å². The summed E-state index contributed by atoms with van der Waals surface area (Å²) in [6.45, 7) is 0.